The number of carbonyl (C=O) groups is 2. The normalized spacial score (nSPS) is 11.7. The van der Waals surface area contributed by atoms with Gasteiger partial charge in [-0.2, -0.15) is 11.8 Å². The maximum atomic E-state index is 12.4. The van der Waals surface area contributed by atoms with Crippen molar-refractivity contribution in [2.75, 3.05) is 17.3 Å². The molecule has 2 aromatic rings. The van der Waals surface area contributed by atoms with Crippen molar-refractivity contribution in [1.82, 2.24) is 10.3 Å². The Morgan fingerprint density at radius 3 is 2.87 bits per heavy atom. The Morgan fingerprint density at radius 2 is 2.22 bits per heavy atom. The maximum absolute atomic E-state index is 12.4. The summed E-state index contributed by atoms with van der Waals surface area (Å²) in [5, 5.41) is 7.89. The van der Waals surface area contributed by atoms with Gasteiger partial charge in [-0.1, -0.05) is 17.7 Å². The van der Waals surface area contributed by atoms with Gasteiger partial charge in [0.1, 0.15) is 6.04 Å². The van der Waals surface area contributed by atoms with Gasteiger partial charge < -0.3 is 10.6 Å². The van der Waals surface area contributed by atoms with Crippen LogP contribution in [0.25, 0.3) is 0 Å². The number of thiazole rings is 1. The Balaban J connectivity index is 2.05. The molecule has 2 rings (SSSR count). The van der Waals surface area contributed by atoms with Crippen LogP contribution in [0.4, 0.5) is 5.13 Å². The molecule has 7 heteroatoms. The first-order chi connectivity index (χ1) is 11.1. The summed E-state index contributed by atoms with van der Waals surface area (Å²) in [4.78, 5) is 28.8. The van der Waals surface area contributed by atoms with Gasteiger partial charge in [-0.15, -0.1) is 11.3 Å². The van der Waals surface area contributed by atoms with Crippen molar-refractivity contribution in [3.63, 3.8) is 0 Å². The van der Waals surface area contributed by atoms with Gasteiger partial charge in [0.05, 0.1) is 0 Å². The Hall–Kier alpha value is -1.86. The molecule has 0 bridgehead atoms. The number of aryl methyl sites for hydroxylation is 1. The van der Waals surface area contributed by atoms with Crippen LogP contribution < -0.4 is 10.6 Å². The lowest BCUT2D eigenvalue weighted by Crippen LogP contribution is -2.44. The molecular formula is C16H19N3O2S2. The van der Waals surface area contributed by atoms with Crippen LogP contribution in [-0.4, -0.2) is 34.8 Å². The van der Waals surface area contributed by atoms with Crippen molar-refractivity contribution in [3.8, 4) is 0 Å². The first kappa shape index (κ1) is 17.5. The molecule has 1 aromatic carbocycles. The number of aromatic nitrogens is 1. The van der Waals surface area contributed by atoms with Crippen molar-refractivity contribution in [3.05, 3.63) is 47.0 Å². The van der Waals surface area contributed by atoms with Crippen molar-refractivity contribution in [1.29, 1.82) is 0 Å². The molecule has 0 saturated carbocycles. The lowest BCUT2D eigenvalue weighted by molar-refractivity contribution is -0.118. The van der Waals surface area contributed by atoms with Crippen LogP contribution in [0.2, 0.25) is 0 Å². The topological polar surface area (TPSA) is 71.1 Å². The largest absolute Gasteiger partial charge is 0.340 e. The van der Waals surface area contributed by atoms with Crippen LogP contribution in [0.15, 0.2) is 35.8 Å². The second-order valence-electron chi connectivity index (χ2n) is 5.00. The van der Waals surface area contributed by atoms with Crippen LogP contribution in [0.3, 0.4) is 0 Å². The van der Waals surface area contributed by atoms with Crippen molar-refractivity contribution in [2.45, 2.75) is 19.4 Å². The summed E-state index contributed by atoms with van der Waals surface area (Å²) >= 11 is 2.99. The van der Waals surface area contributed by atoms with E-state index >= 15 is 0 Å². The first-order valence-corrected chi connectivity index (χ1v) is 9.44. The molecule has 1 aromatic heterocycles. The number of thioether (sulfide) groups is 1. The zero-order chi connectivity index (χ0) is 16.7. The summed E-state index contributed by atoms with van der Waals surface area (Å²) in [6.45, 7) is 1.93. The molecule has 0 saturated heterocycles. The van der Waals surface area contributed by atoms with E-state index in [1.807, 2.05) is 25.3 Å². The molecule has 0 aliphatic rings. The zero-order valence-electron chi connectivity index (χ0n) is 13.0. The number of nitrogens with zero attached hydrogens (tertiary/aromatic N) is 1. The van der Waals surface area contributed by atoms with Gasteiger partial charge in [-0.25, -0.2) is 4.98 Å². The predicted octanol–water partition coefficient (Wildman–Crippen LogP) is 2.94. The van der Waals surface area contributed by atoms with E-state index in [-0.39, 0.29) is 11.8 Å². The number of anilines is 1. The lowest BCUT2D eigenvalue weighted by atomic mass is 10.1. The molecule has 23 heavy (non-hydrogen) atoms. The van der Waals surface area contributed by atoms with E-state index in [9.17, 15) is 9.59 Å². The van der Waals surface area contributed by atoms with Crippen molar-refractivity contribution >= 4 is 40.0 Å². The van der Waals surface area contributed by atoms with Gasteiger partial charge in [0, 0.05) is 17.1 Å². The van der Waals surface area contributed by atoms with E-state index < -0.39 is 6.04 Å². The van der Waals surface area contributed by atoms with Crippen LogP contribution in [-0.2, 0) is 4.79 Å². The van der Waals surface area contributed by atoms with Crippen LogP contribution >= 0.6 is 23.1 Å². The van der Waals surface area contributed by atoms with E-state index in [4.69, 9.17) is 0 Å². The highest BCUT2D eigenvalue weighted by Crippen LogP contribution is 2.12. The Bertz CT molecular complexity index is 659. The van der Waals surface area contributed by atoms with Gasteiger partial charge >= 0.3 is 0 Å². The summed E-state index contributed by atoms with van der Waals surface area (Å²) < 4.78 is 0. The highest BCUT2D eigenvalue weighted by Gasteiger charge is 2.21. The minimum atomic E-state index is -0.584. The third kappa shape index (κ3) is 5.37. The molecule has 1 heterocycles. The van der Waals surface area contributed by atoms with E-state index in [0.717, 1.165) is 11.3 Å². The fourth-order valence-electron chi connectivity index (χ4n) is 2.01. The Morgan fingerprint density at radius 1 is 1.39 bits per heavy atom. The fourth-order valence-corrected chi connectivity index (χ4v) is 3.01. The molecule has 122 valence electrons. The number of carbonyl (C=O) groups excluding carboxylic acids is 2. The SMILES string of the molecule is CSCCC(NC(=O)c1cccc(C)c1)C(=O)Nc1nccs1. The standard InChI is InChI=1S/C16H19N3O2S2/c1-11-4-3-5-12(10-11)14(20)18-13(6-8-22-2)15(21)19-16-17-7-9-23-16/h3-5,7,9-10,13H,6,8H2,1-2H3,(H,18,20)(H,17,19,21). The summed E-state index contributed by atoms with van der Waals surface area (Å²) in [6, 6.07) is 6.72. The second kappa shape index (κ2) is 8.69. The third-order valence-corrected chi connectivity index (χ3v) is 4.51. The van der Waals surface area contributed by atoms with Crippen LogP contribution in [0.1, 0.15) is 22.3 Å². The minimum absolute atomic E-state index is 0.241. The fraction of sp³-hybridized carbons (Fsp3) is 0.312. The highest BCUT2D eigenvalue weighted by molar-refractivity contribution is 7.98. The second-order valence-corrected chi connectivity index (χ2v) is 6.88. The first-order valence-electron chi connectivity index (χ1n) is 7.17. The summed E-state index contributed by atoms with van der Waals surface area (Å²) in [5.74, 6) is 0.299. The monoisotopic (exact) mass is 349 g/mol. The van der Waals surface area contributed by atoms with E-state index in [1.54, 1.807) is 35.5 Å². The number of benzene rings is 1. The number of amides is 2. The molecule has 0 aliphatic heterocycles. The van der Waals surface area contributed by atoms with Gasteiger partial charge in [0.2, 0.25) is 5.91 Å². The number of hydrogen-bond donors (Lipinski definition) is 2. The highest BCUT2D eigenvalue weighted by atomic mass is 32.2. The maximum Gasteiger partial charge on any atom is 0.251 e. The number of hydrogen-bond acceptors (Lipinski definition) is 5. The molecule has 1 unspecified atom stereocenters. The molecule has 2 amide bonds. The molecule has 0 fully saturated rings. The molecular weight excluding hydrogens is 330 g/mol. The number of nitrogens with one attached hydrogen (secondary N) is 2. The molecule has 5 nitrogen and oxygen atoms in total. The average Bonchev–Trinajstić information content (AvgIpc) is 3.04. The molecule has 1 atom stereocenters. The molecule has 0 radical (unpaired) electrons. The summed E-state index contributed by atoms with van der Waals surface area (Å²) in [7, 11) is 0. The van der Waals surface area contributed by atoms with Gasteiger partial charge in [0.25, 0.3) is 5.91 Å². The van der Waals surface area contributed by atoms with Crippen LogP contribution in [0.5, 0.6) is 0 Å². The van der Waals surface area contributed by atoms with Gasteiger partial charge in [0.15, 0.2) is 5.13 Å². The van der Waals surface area contributed by atoms with E-state index in [1.165, 1.54) is 11.3 Å². The smallest absolute Gasteiger partial charge is 0.251 e. The van der Waals surface area contributed by atoms with E-state index in [2.05, 4.69) is 15.6 Å². The third-order valence-electron chi connectivity index (χ3n) is 3.18. The van der Waals surface area contributed by atoms with E-state index in [0.29, 0.717) is 17.1 Å². The van der Waals surface area contributed by atoms with Crippen LogP contribution in [0, 0.1) is 6.92 Å². The van der Waals surface area contributed by atoms with Gasteiger partial charge in [-0.3, -0.25) is 9.59 Å². The Labute approximate surface area is 143 Å². The van der Waals surface area contributed by atoms with Crippen molar-refractivity contribution < 1.29 is 9.59 Å². The summed E-state index contributed by atoms with van der Waals surface area (Å²) in [6.07, 6.45) is 4.16. The average molecular weight is 349 g/mol. The molecule has 2 N–H and O–H groups in total. The predicted molar refractivity (Wildman–Crippen MR) is 96.2 cm³/mol. The minimum Gasteiger partial charge on any atom is -0.340 e. The molecule has 0 spiro atoms. The zero-order valence-corrected chi connectivity index (χ0v) is 14.7. The lowest BCUT2D eigenvalue weighted by Gasteiger charge is -2.17. The van der Waals surface area contributed by atoms with Crippen molar-refractivity contribution in [2.24, 2.45) is 0 Å². The summed E-state index contributed by atoms with van der Waals surface area (Å²) in [5.41, 5.74) is 1.56. The Kier molecular flexibility index (Phi) is 6.61. The number of rotatable bonds is 7. The quantitative estimate of drug-likeness (QED) is 0.806. The van der Waals surface area contributed by atoms with Gasteiger partial charge in [-0.05, 0) is 37.5 Å². The molecule has 0 aliphatic carbocycles.